The molecule has 0 bridgehead atoms. The molecule has 0 radical (unpaired) electrons. The summed E-state index contributed by atoms with van der Waals surface area (Å²) < 4.78 is 5.59. The highest BCUT2D eigenvalue weighted by atomic mass is 16.5. The molecule has 0 aromatic heterocycles. The Morgan fingerprint density at radius 1 is 0.857 bits per heavy atom. The summed E-state index contributed by atoms with van der Waals surface area (Å²) in [7, 11) is 0. The third-order valence-electron chi connectivity index (χ3n) is 7.88. The van der Waals surface area contributed by atoms with Crippen molar-refractivity contribution in [2.75, 3.05) is 6.61 Å². The third-order valence-corrected chi connectivity index (χ3v) is 7.88. The van der Waals surface area contributed by atoms with Gasteiger partial charge in [0.1, 0.15) is 5.75 Å². The fourth-order valence-electron chi connectivity index (χ4n) is 5.99. The smallest absolute Gasteiger partial charge is 0.119 e. The molecule has 28 heavy (non-hydrogen) atoms. The molecular formula is C27H44O. The molecule has 2 fully saturated rings. The van der Waals surface area contributed by atoms with Gasteiger partial charge in [0.15, 0.2) is 0 Å². The maximum Gasteiger partial charge on any atom is 0.119 e. The maximum atomic E-state index is 5.59. The fourth-order valence-corrected chi connectivity index (χ4v) is 5.99. The molecule has 3 rings (SSSR count). The molecule has 0 heterocycles. The van der Waals surface area contributed by atoms with Gasteiger partial charge in [-0.3, -0.25) is 0 Å². The van der Waals surface area contributed by atoms with Crippen molar-refractivity contribution in [2.24, 2.45) is 23.7 Å². The number of hydrogen-bond acceptors (Lipinski definition) is 1. The van der Waals surface area contributed by atoms with Crippen LogP contribution in [0.2, 0.25) is 0 Å². The van der Waals surface area contributed by atoms with Crippen molar-refractivity contribution in [3.05, 3.63) is 29.8 Å². The summed E-state index contributed by atoms with van der Waals surface area (Å²) in [5, 5.41) is 0. The predicted molar refractivity (Wildman–Crippen MR) is 121 cm³/mol. The molecule has 0 spiro atoms. The molecule has 1 heteroatoms. The first-order chi connectivity index (χ1) is 13.7. The van der Waals surface area contributed by atoms with E-state index in [1.165, 1.54) is 82.6 Å². The zero-order chi connectivity index (χ0) is 19.8. The minimum atomic E-state index is 0.753. The van der Waals surface area contributed by atoms with Crippen molar-refractivity contribution < 1.29 is 4.74 Å². The van der Waals surface area contributed by atoms with Crippen LogP contribution >= 0.6 is 0 Å². The van der Waals surface area contributed by atoms with E-state index in [4.69, 9.17) is 4.74 Å². The Bertz CT molecular complexity index is 532. The maximum absolute atomic E-state index is 5.59. The molecular weight excluding hydrogens is 340 g/mol. The first-order valence-corrected chi connectivity index (χ1v) is 12.4. The van der Waals surface area contributed by atoms with Crippen LogP contribution in [0.3, 0.4) is 0 Å². The lowest BCUT2D eigenvalue weighted by atomic mass is 9.70. The van der Waals surface area contributed by atoms with E-state index in [1.54, 1.807) is 0 Å². The number of hydrogen-bond donors (Lipinski definition) is 0. The van der Waals surface area contributed by atoms with E-state index in [2.05, 4.69) is 38.1 Å². The number of rotatable bonds is 9. The van der Waals surface area contributed by atoms with Gasteiger partial charge in [0.05, 0.1) is 6.61 Å². The highest BCUT2D eigenvalue weighted by Crippen LogP contribution is 2.42. The Hall–Kier alpha value is -0.980. The van der Waals surface area contributed by atoms with Crippen LogP contribution in [0.25, 0.3) is 0 Å². The monoisotopic (exact) mass is 384 g/mol. The third kappa shape index (κ3) is 6.26. The summed E-state index contributed by atoms with van der Waals surface area (Å²) in [6, 6.07) is 8.92. The van der Waals surface area contributed by atoms with Gasteiger partial charge in [-0.15, -0.1) is 0 Å². The van der Waals surface area contributed by atoms with Gasteiger partial charge in [-0.2, -0.15) is 0 Å². The van der Waals surface area contributed by atoms with Crippen molar-refractivity contribution >= 4 is 0 Å². The SMILES string of the molecule is CCCCC1CCC(C(C)CC2CCC(c3ccc(OCC)cc3)CC2)CC1. The van der Waals surface area contributed by atoms with E-state index >= 15 is 0 Å². The van der Waals surface area contributed by atoms with Crippen molar-refractivity contribution in [3.8, 4) is 5.75 Å². The quantitative estimate of drug-likeness (QED) is 0.415. The molecule has 1 aromatic carbocycles. The van der Waals surface area contributed by atoms with Gasteiger partial charge in [0, 0.05) is 0 Å². The van der Waals surface area contributed by atoms with Crippen molar-refractivity contribution in [1.29, 1.82) is 0 Å². The molecule has 1 atom stereocenters. The van der Waals surface area contributed by atoms with Crippen LogP contribution in [0.1, 0.15) is 109 Å². The summed E-state index contributed by atoms with van der Waals surface area (Å²) in [6.45, 7) is 7.70. The molecule has 2 aliphatic rings. The largest absolute Gasteiger partial charge is 0.494 e. The average molecular weight is 385 g/mol. The van der Waals surface area contributed by atoms with Gasteiger partial charge in [-0.05, 0) is 99.2 Å². The van der Waals surface area contributed by atoms with E-state index in [0.29, 0.717) is 0 Å². The van der Waals surface area contributed by atoms with Crippen LogP contribution in [-0.2, 0) is 0 Å². The molecule has 1 nitrogen and oxygen atoms in total. The van der Waals surface area contributed by atoms with Gasteiger partial charge in [-0.25, -0.2) is 0 Å². The lowest BCUT2D eigenvalue weighted by Gasteiger charge is -2.36. The van der Waals surface area contributed by atoms with Crippen LogP contribution in [-0.4, -0.2) is 6.61 Å². The van der Waals surface area contributed by atoms with Crippen molar-refractivity contribution in [2.45, 2.75) is 104 Å². The highest BCUT2D eigenvalue weighted by Gasteiger charge is 2.29. The lowest BCUT2D eigenvalue weighted by molar-refractivity contribution is 0.169. The second kappa shape index (κ2) is 11.3. The van der Waals surface area contributed by atoms with Crippen LogP contribution in [0.15, 0.2) is 24.3 Å². The van der Waals surface area contributed by atoms with Gasteiger partial charge >= 0.3 is 0 Å². The zero-order valence-corrected chi connectivity index (χ0v) is 18.8. The van der Waals surface area contributed by atoms with Crippen LogP contribution in [0, 0.1) is 23.7 Å². The highest BCUT2D eigenvalue weighted by molar-refractivity contribution is 5.29. The molecule has 1 aromatic rings. The fraction of sp³-hybridized carbons (Fsp3) is 0.778. The molecule has 2 saturated carbocycles. The molecule has 0 amide bonds. The Kier molecular flexibility index (Phi) is 8.74. The van der Waals surface area contributed by atoms with Crippen LogP contribution in [0.4, 0.5) is 0 Å². The average Bonchev–Trinajstić information content (AvgIpc) is 2.74. The van der Waals surface area contributed by atoms with Crippen molar-refractivity contribution in [1.82, 2.24) is 0 Å². The minimum Gasteiger partial charge on any atom is -0.494 e. The van der Waals surface area contributed by atoms with E-state index in [1.807, 2.05) is 6.92 Å². The molecule has 158 valence electrons. The summed E-state index contributed by atoms with van der Waals surface area (Å²) in [6.07, 6.45) is 17.5. The number of benzene rings is 1. The summed E-state index contributed by atoms with van der Waals surface area (Å²) in [5.74, 6) is 5.77. The van der Waals surface area contributed by atoms with Gasteiger partial charge < -0.3 is 4.74 Å². The molecule has 0 saturated heterocycles. The summed E-state index contributed by atoms with van der Waals surface area (Å²) in [5.41, 5.74) is 1.53. The Morgan fingerprint density at radius 2 is 1.50 bits per heavy atom. The summed E-state index contributed by atoms with van der Waals surface area (Å²) in [4.78, 5) is 0. The normalized spacial score (nSPS) is 29.4. The van der Waals surface area contributed by atoms with Gasteiger partial charge in [0.25, 0.3) is 0 Å². The molecule has 2 aliphatic carbocycles. The topological polar surface area (TPSA) is 9.23 Å². The van der Waals surface area contributed by atoms with E-state index < -0.39 is 0 Å². The molecule has 0 aliphatic heterocycles. The van der Waals surface area contributed by atoms with Gasteiger partial charge in [0.2, 0.25) is 0 Å². The van der Waals surface area contributed by atoms with Crippen LogP contribution < -0.4 is 4.74 Å². The lowest BCUT2D eigenvalue weighted by Crippen LogP contribution is -2.23. The Balaban J connectivity index is 1.38. The Labute approximate surface area is 174 Å². The van der Waals surface area contributed by atoms with Gasteiger partial charge in [-0.1, -0.05) is 58.1 Å². The second-order valence-electron chi connectivity index (χ2n) is 9.86. The number of ether oxygens (including phenoxy) is 1. The van der Waals surface area contributed by atoms with E-state index in [0.717, 1.165) is 41.9 Å². The molecule has 0 N–H and O–H groups in total. The van der Waals surface area contributed by atoms with Crippen LogP contribution in [0.5, 0.6) is 5.75 Å². The first-order valence-electron chi connectivity index (χ1n) is 12.4. The second-order valence-corrected chi connectivity index (χ2v) is 9.86. The summed E-state index contributed by atoms with van der Waals surface area (Å²) >= 11 is 0. The zero-order valence-electron chi connectivity index (χ0n) is 18.8. The predicted octanol–water partition coefficient (Wildman–Crippen LogP) is 8.38. The first kappa shape index (κ1) is 21.7. The Morgan fingerprint density at radius 3 is 2.11 bits per heavy atom. The molecule has 1 unspecified atom stereocenters. The minimum absolute atomic E-state index is 0.753. The van der Waals surface area contributed by atoms with Crippen molar-refractivity contribution in [3.63, 3.8) is 0 Å². The number of unbranched alkanes of at least 4 members (excludes halogenated alkanes) is 1. The standard InChI is InChI=1S/C27H44O/c1-4-6-7-22-8-12-24(13-9-22)21(3)20-23-10-14-25(15-11-23)26-16-18-27(19-17-26)28-5-2/h16-19,21-25H,4-15,20H2,1-3H3. The van der Waals surface area contributed by atoms with E-state index in [-0.39, 0.29) is 0 Å². The van der Waals surface area contributed by atoms with E-state index in [9.17, 15) is 0 Å².